The van der Waals surface area contributed by atoms with E-state index >= 15 is 0 Å². The van der Waals surface area contributed by atoms with E-state index in [9.17, 15) is 0 Å². The first-order valence-corrected chi connectivity index (χ1v) is 0. The minimum Gasteiger partial charge on any atom is -0.153 e. The smallest absolute Gasteiger partial charge is 0 e. The fraction of sp³-hybridized carbons (Fsp3) is 0. The second-order valence-corrected chi connectivity index (χ2v) is 0. The van der Waals surface area contributed by atoms with Crippen molar-refractivity contribution in [1.82, 2.24) is 0 Å². The zero-order valence-electron chi connectivity index (χ0n) is 3.12. The molecule has 1 unspecified atom stereocenters. The molecule has 0 aliphatic heterocycles. The Labute approximate surface area is 118 Å². The van der Waals surface area contributed by atoms with E-state index in [1.165, 1.54) is 0 Å². The van der Waals surface area contributed by atoms with Crippen LogP contribution in [-0.2, 0) is 0 Å². The van der Waals surface area contributed by atoms with Crippen LogP contribution in [0.15, 0.2) is 0 Å². The second-order valence-electron chi connectivity index (χ2n) is 0. The summed E-state index contributed by atoms with van der Waals surface area (Å²) < 4.78 is 0. The first-order valence-electron chi connectivity index (χ1n) is 0. The van der Waals surface area contributed by atoms with E-state index in [-0.39, 0.29) is 122 Å². The Morgan fingerprint density at radius 1 is 1.00 bits per heavy atom. The number of rotatable bonds is 0. The minimum absolute atomic E-state index is 0. The molecule has 0 aliphatic carbocycles. The molecule has 0 heterocycles. The minimum atomic E-state index is 0. The van der Waals surface area contributed by atoms with E-state index in [1.807, 2.05) is 0 Å². The summed E-state index contributed by atoms with van der Waals surface area (Å²) in [6.45, 7) is 0. The van der Waals surface area contributed by atoms with Crippen LogP contribution in [0.25, 0.3) is 0 Å². The van der Waals surface area contributed by atoms with Crippen molar-refractivity contribution in [3.8, 4) is 0 Å². The third kappa shape index (κ3) is 9.43. The van der Waals surface area contributed by atoms with Gasteiger partial charge in [-0.05, 0) is 0 Å². The molecule has 4 heteroatoms. The molecule has 13 valence electrons. The topological polar surface area (TPSA) is 0 Å². The van der Waals surface area contributed by atoms with Crippen molar-refractivity contribution >= 4 is 122 Å². The van der Waals surface area contributed by atoms with Crippen LogP contribution in [0.5, 0.6) is 0 Å². The van der Waals surface area contributed by atoms with Gasteiger partial charge in [0.25, 0.3) is 0 Å². The van der Waals surface area contributed by atoms with Crippen LogP contribution in [-0.4, -0.2) is 112 Å². The van der Waals surface area contributed by atoms with E-state index in [4.69, 9.17) is 0 Å². The predicted molar refractivity (Wildman–Crippen MR) is 28.4 cm³/mol. The molecule has 0 aromatic carbocycles. The van der Waals surface area contributed by atoms with E-state index < -0.39 is 0 Å². The first kappa shape index (κ1) is 24.3. The summed E-state index contributed by atoms with van der Waals surface area (Å²) in [6.07, 6.45) is 0. The van der Waals surface area contributed by atoms with E-state index in [0.717, 1.165) is 0 Å². The van der Waals surface area contributed by atoms with Crippen LogP contribution >= 0.6 is 9.90 Å². The molecule has 0 rings (SSSR count). The van der Waals surface area contributed by atoms with Crippen LogP contribution in [0, 0.1) is 0 Å². The summed E-state index contributed by atoms with van der Waals surface area (Å²) in [4.78, 5) is 0. The van der Waals surface area contributed by atoms with Gasteiger partial charge in [-0.15, -0.1) is 0 Å². The summed E-state index contributed by atoms with van der Waals surface area (Å²) in [5, 5.41) is 0. The van der Waals surface area contributed by atoms with Gasteiger partial charge in [-0.25, -0.2) is 0 Å². The van der Waals surface area contributed by atoms with Crippen molar-refractivity contribution < 1.29 is 0 Å². The molecular weight excluding hydrogens is 134 g/mol. The maximum Gasteiger partial charge on any atom is 0 e. The second kappa shape index (κ2) is 15.7. The first-order chi connectivity index (χ1) is 0. The molecule has 0 fully saturated rings. The third-order valence-corrected chi connectivity index (χ3v) is 0. The normalized spacial score (nSPS) is 0. The standard InChI is InChI=1S/Ca.K.Mg.H3P/h;;;1H3. The average Bonchev–Trinajstić information content (AvgIpc) is 0. The maximum atomic E-state index is 0. The molecule has 0 aromatic heterocycles. The molecule has 0 amide bonds. The van der Waals surface area contributed by atoms with Crippen LogP contribution < -0.4 is 0 Å². The van der Waals surface area contributed by atoms with E-state index in [1.54, 1.807) is 0 Å². The molecule has 0 saturated carbocycles. The Bertz CT molecular complexity index is 8.00. The Morgan fingerprint density at radius 2 is 1.00 bits per heavy atom. The zero-order chi connectivity index (χ0) is 0. The van der Waals surface area contributed by atoms with E-state index in [0.29, 0.717) is 0 Å². The van der Waals surface area contributed by atoms with Crippen LogP contribution in [0.2, 0.25) is 0 Å². The summed E-state index contributed by atoms with van der Waals surface area (Å²) in [7, 11) is 0. The largest absolute Gasteiger partial charge is 0.153 e. The maximum absolute atomic E-state index is 0. The molecular formula is H3CaKMgP. The summed E-state index contributed by atoms with van der Waals surface area (Å²) in [6, 6.07) is 0. The molecule has 1 atom stereocenters. The average molecular weight is 137 g/mol. The van der Waals surface area contributed by atoms with Crippen molar-refractivity contribution in [3.63, 3.8) is 0 Å². The fourth-order valence-electron chi connectivity index (χ4n) is 0. The molecule has 0 saturated heterocycles. The molecule has 0 nitrogen and oxygen atoms in total. The summed E-state index contributed by atoms with van der Waals surface area (Å²) >= 11 is 0. The third-order valence-electron chi connectivity index (χ3n) is 0. The number of hydrogen-bond donors (Lipinski definition) is 0. The Kier molecular flexibility index (Phi) is 95.5. The molecule has 0 spiro atoms. The van der Waals surface area contributed by atoms with Gasteiger partial charge >= 0.3 is 0 Å². The van der Waals surface area contributed by atoms with Gasteiger partial charge < -0.3 is 0 Å². The predicted octanol–water partition coefficient (Wildman–Crippen LogP) is -1.08. The Balaban J connectivity index is 0. The quantitative estimate of drug-likeness (QED) is 0.294. The van der Waals surface area contributed by atoms with Gasteiger partial charge in [-0.1, -0.05) is 0 Å². The van der Waals surface area contributed by atoms with Gasteiger partial charge in [0, 0.05) is 112 Å². The van der Waals surface area contributed by atoms with Crippen molar-refractivity contribution in [3.05, 3.63) is 0 Å². The number of hydrogen-bond acceptors (Lipinski definition) is 0. The van der Waals surface area contributed by atoms with Crippen molar-refractivity contribution in [2.24, 2.45) is 0 Å². The molecule has 5 radical (unpaired) electrons. The Hall–Kier alpha value is 4.09. The van der Waals surface area contributed by atoms with Crippen molar-refractivity contribution in [1.29, 1.82) is 0 Å². The molecule has 0 aliphatic rings. The van der Waals surface area contributed by atoms with Crippen LogP contribution in [0.4, 0.5) is 0 Å². The zero-order valence-corrected chi connectivity index (χ0v) is 11.3. The summed E-state index contributed by atoms with van der Waals surface area (Å²) in [5.41, 5.74) is 0. The van der Waals surface area contributed by atoms with Crippen LogP contribution in [0.1, 0.15) is 0 Å². The fourth-order valence-corrected chi connectivity index (χ4v) is 0. The SMILES string of the molecule is P.[Ca].[K].[Mg]. The van der Waals surface area contributed by atoms with Gasteiger partial charge in [0.1, 0.15) is 0 Å². The summed E-state index contributed by atoms with van der Waals surface area (Å²) in [5.74, 6) is 0. The molecule has 4 heavy (non-hydrogen) atoms. The molecule has 0 N–H and O–H groups in total. The van der Waals surface area contributed by atoms with Gasteiger partial charge in [0.2, 0.25) is 0 Å². The van der Waals surface area contributed by atoms with Gasteiger partial charge in [-0.2, -0.15) is 9.90 Å². The van der Waals surface area contributed by atoms with Crippen LogP contribution in [0.3, 0.4) is 0 Å². The molecule has 0 aromatic rings. The van der Waals surface area contributed by atoms with E-state index in [2.05, 4.69) is 0 Å². The monoisotopic (exact) mass is 137 g/mol. The van der Waals surface area contributed by atoms with Gasteiger partial charge in [0.15, 0.2) is 0 Å². The Morgan fingerprint density at radius 3 is 1.00 bits per heavy atom. The van der Waals surface area contributed by atoms with Crippen molar-refractivity contribution in [2.75, 3.05) is 0 Å². The van der Waals surface area contributed by atoms with Gasteiger partial charge in [-0.3, -0.25) is 0 Å². The van der Waals surface area contributed by atoms with Gasteiger partial charge in [0.05, 0.1) is 0 Å². The molecule has 0 bridgehead atoms. The van der Waals surface area contributed by atoms with Crippen molar-refractivity contribution in [2.45, 2.75) is 0 Å².